The summed E-state index contributed by atoms with van der Waals surface area (Å²) in [4.78, 5) is 1.70. The molecule has 2 heteroatoms. The molecule has 1 aliphatic carbocycles. The lowest BCUT2D eigenvalue weighted by molar-refractivity contribution is -0.889. The van der Waals surface area contributed by atoms with Crippen molar-refractivity contribution >= 4 is 0 Å². The summed E-state index contributed by atoms with van der Waals surface area (Å²) in [6, 6.07) is 0. The summed E-state index contributed by atoms with van der Waals surface area (Å²) in [6.45, 7) is 6.01. The first-order valence-electron chi connectivity index (χ1n) is 7.33. The molecule has 0 spiro atoms. The van der Waals surface area contributed by atoms with Gasteiger partial charge in [0.05, 0.1) is 32.8 Å². The first-order valence-corrected chi connectivity index (χ1v) is 7.33. The van der Waals surface area contributed by atoms with E-state index in [0.717, 1.165) is 24.4 Å². The maximum atomic E-state index is 6.25. The van der Waals surface area contributed by atoms with Gasteiger partial charge in [0.1, 0.15) is 0 Å². The van der Waals surface area contributed by atoms with Gasteiger partial charge in [0.2, 0.25) is 0 Å². The Bertz CT molecular complexity index is 312. The minimum atomic E-state index is 0.526. The van der Waals surface area contributed by atoms with Crippen molar-refractivity contribution in [2.75, 3.05) is 26.7 Å². The minimum Gasteiger partial charge on any atom is -0.377 e. The summed E-state index contributed by atoms with van der Waals surface area (Å²) in [5, 5.41) is 0. The number of rotatable bonds is 1. The maximum Gasteiger partial charge on any atom is 0.0822 e. The van der Waals surface area contributed by atoms with Crippen LogP contribution in [0.3, 0.4) is 0 Å². The van der Waals surface area contributed by atoms with E-state index in [1.807, 2.05) is 0 Å². The molecule has 96 valence electrons. The average molecular weight is 236 g/mol. The molecule has 0 aromatic heterocycles. The van der Waals surface area contributed by atoms with Crippen LogP contribution in [0.15, 0.2) is 11.6 Å². The minimum absolute atomic E-state index is 0.526. The Morgan fingerprint density at radius 2 is 2.29 bits per heavy atom. The molecule has 0 saturated carbocycles. The van der Waals surface area contributed by atoms with Gasteiger partial charge < -0.3 is 9.64 Å². The second-order valence-corrected chi connectivity index (χ2v) is 6.50. The van der Waals surface area contributed by atoms with Gasteiger partial charge in [-0.25, -0.2) is 0 Å². The first-order chi connectivity index (χ1) is 8.24. The van der Waals surface area contributed by atoms with Gasteiger partial charge in [-0.3, -0.25) is 0 Å². The summed E-state index contributed by atoms with van der Waals surface area (Å²) in [6.07, 6.45) is 8.42. The molecular weight excluding hydrogens is 210 g/mol. The smallest absolute Gasteiger partial charge is 0.0822 e. The monoisotopic (exact) mass is 236 g/mol. The fourth-order valence-electron chi connectivity index (χ4n) is 4.10. The molecule has 1 N–H and O–H groups in total. The fourth-order valence-corrected chi connectivity index (χ4v) is 4.10. The fraction of sp³-hybridized carbons (Fsp3) is 0.867. The maximum absolute atomic E-state index is 6.25. The lowest BCUT2D eigenvalue weighted by Gasteiger charge is -2.44. The Hall–Kier alpha value is -0.340. The predicted molar refractivity (Wildman–Crippen MR) is 69.1 cm³/mol. The highest BCUT2D eigenvalue weighted by Gasteiger charge is 2.40. The van der Waals surface area contributed by atoms with E-state index in [2.05, 4.69) is 20.0 Å². The van der Waals surface area contributed by atoms with Crippen LogP contribution >= 0.6 is 0 Å². The van der Waals surface area contributed by atoms with Gasteiger partial charge >= 0.3 is 0 Å². The van der Waals surface area contributed by atoms with E-state index < -0.39 is 0 Å². The number of fused-ring (bicyclic) bond motifs is 2. The molecule has 2 bridgehead atoms. The van der Waals surface area contributed by atoms with E-state index in [1.54, 1.807) is 10.5 Å². The number of quaternary nitrogens is 1. The normalized spacial score (nSPS) is 46.5. The molecular formula is C15H26NO+. The molecule has 2 aliphatic heterocycles. The molecule has 0 radical (unpaired) electrons. The van der Waals surface area contributed by atoms with Gasteiger partial charge in [-0.1, -0.05) is 11.6 Å². The van der Waals surface area contributed by atoms with Crippen LogP contribution in [0.1, 0.15) is 32.6 Å². The molecule has 0 aromatic carbocycles. The molecule has 2 nitrogen and oxygen atoms in total. The molecule has 2 unspecified atom stereocenters. The summed E-state index contributed by atoms with van der Waals surface area (Å²) in [5.74, 6) is 2.35. The van der Waals surface area contributed by atoms with Crippen molar-refractivity contribution in [1.29, 1.82) is 0 Å². The van der Waals surface area contributed by atoms with Crippen LogP contribution in [-0.4, -0.2) is 32.8 Å². The van der Waals surface area contributed by atoms with Crippen LogP contribution in [0.2, 0.25) is 0 Å². The third-order valence-electron chi connectivity index (χ3n) is 5.12. The average Bonchev–Trinajstić information content (AvgIpc) is 2.34. The van der Waals surface area contributed by atoms with Crippen molar-refractivity contribution in [3.8, 4) is 0 Å². The highest BCUT2D eigenvalue weighted by Crippen LogP contribution is 2.40. The third-order valence-corrected chi connectivity index (χ3v) is 5.12. The van der Waals surface area contributed by atoms with Gasteiger partial charge in [-0.05, 0) is 38.5 Å². The molecule has 3 rings (SSSR count). The van der Waals surface area contributed by atoms with E-state index in [1.165, 1.54) is 38.8 Å². The highest BCUT2D eigenvalue weighted by molar-refractivity contribution is 5.13. The molecule has 2 heterocycles. The molecule has 2 fully saturated rings. The van der Waals surface area contributed by atoms with Crippen LogP contribution in [0, 0.1) is 17.8 Å². The van der Waals surface area contributed by atoms with Crippen LogP contribution < -0.4 is 4.90 Å². The zero-order valence-electron chi connectivity index (χ0n) is 11.2. The number of nitrogens with one attached hydrogen (secondary N) is 1. The van der Waals surface area contributed by atoms with Gasteiger partial charge in [-0.2, -0.15) is 0 Å². The molecule has 3 aliphatic rings. The highest BCUT2D eigenvalue weighted by atomic mass is 16.5. The standard InChI is InChI=1S/C15H25NO/c1-11-5-6-12-8-14(11)15(17-10-12)13-4-3-7-16(2)9-13/h5,12-15H,3-4,6-10H2,1-2H3/p+1/t12-,13?,14+,15+/m0/s1. The predicted octanol–water partition coefficient (Wildman–Crippen LogP) is 1.28. The van der Waals surface area contributed by atoms with E-state index in [4.69, 9.17) is 4.74 Å². The Balaban J connectivity index is 1.73. The Morgan fingerprint density at radius 3 is 3.12 bits per heavy atom. The third kappa shape index (κ3) is 2.30. The summed E-state index contributed by atoms with van der Waals surface area (Å²) >= 11 is 0. The largest absolute Gasteiger partial charge is 0.377 e. The van der Waals surface area contributed by atoms with Gasteiger partial charge in [-0.15, -0.1) is 0 Å². The second-order valence-electron chi connectivity index (χ2n) is 6.50. The van der Waals surface area contributed by atoms with Gasteiger partial charge in [0.15, 0.2) is 0 Å². The quantitative estimate of drug-likeness (QED) is 0.677. The van der Waals surface area contributed by atoms with E-state index in [9.17, 15) is 0 Å². The van der Waals surface area contributed by atoms with Gasteiger partial charge in [0.25, 0.3) is 0 Å². The Morgan fingerprint density at radius 1 is 1.41 bits per heavy atom. The number of hydrogen-bond acceptors (Lipinski definition) is 1. The van der Waals surface area contributed by atoms with Crippen LogP contribution in [0.5, 0.6) is 0 Å². The first kappa shape index (κ1) is 11.7. The zero-order valence-corrected chi connectivity index (χ0v) is 11.2. The topological polar surface area (TPSA) is 13.7 Å². The van der Waals surface area contributed by atoms with Crippen molar-refractivity contribution in [3.05, 3.63) is 11.6 Å². The number of likely N-dealkylation sites (tertiary alicyclic amines) is 1. The van der Waals surface area contributed by atoms with Crippen molar-refractivity contribution in [2.24, 2.45) is 17.8 Å². The van der Waals surface area contributed by atoms with Crippen LogP contribution in [0.4, 0.5) is 0 Å². The SMILES string of the molecule is CC1=CC[C@@H]2CO[C@H](C3CCC[NH+](C)C3)[C@@H]1C2. The van der Waals surface area contributed by atoms with E-state index >= 15 is 0 Å². The molecule has 17 heavy (non-hydrogen) atoms. The Kier molecular flexibility index (Phi) is 3.27. The number of piperidine rings is 1. The number of allylic oxidation sites excluding steroid dienone is 1. The molecule has 2 saturated heterocycles. The zero-order chi connectivity index (χ0) is 11.8. The molecule has 5 atom stereocenters. The van der Waals surface area contributed by atoms with Gasteiger partial charge in [0, 0.05) is 11.8 Å². The summed E-state index contributed by atoms with van der Waals surface area (Å²) in [5.41, 5.74) is 1.61. The number of ether oxygens (including phenoxy) is 1. The van der Waals surface area contributed by atoms with Crippen molar-refractivity contribution in [1.82, 2.24) is 0 Å². The second kappa shape index (κ2) is 4.74. The van der Waals surface area contributed by atoms with Crippen LogP contribution in [-0.2, 0) is 4.74 Å². The summed E-state index contributed by atoms with van der Waals surface area (Å²) < 4.78 is 6.25. The van der Waals surface area contributed by atoms with Crippen molar-refractivity contribution in [2.45, 2.75) is 38.7 Å². The van der Waals surface area contributed by atoms with Crippen LogP contribution in [0.25, 0.3) is 0 Å². The van der Waals surface area contributed by atoms with Crippen molar-refractivity contribution in [3.63, 3.8) is 0 Å². The van der Waals surface area contributed by atoms with Crippen molar-refractivity contribution < 1.29 is 9.64 Å². The lowest BCUT2D eigenvalue weighted by Crippen LogP contribution is -3.11. The summed E-state index contributed by atoms with van der Waals surface area (Å²) in [7, 11) is 2.33. The lowest BCUT2D eigenvalue weighted by atomic mass is 9.72. The van der Waals surface area contributed by atoms with E-state index in [0.29, 0.717) is 6.10 Å². The number of hydrogen-bond donors (Lipinski definition) is 1. The molecule has 0 amide bonds. The molecule has 0 aromatic rings. The van der Waals surface area contributed by atoms with E-state index in [-0.39, 0.29) is 0 Å². The Labute approximate surface area is 105 Å².